The molecule has 1 aromatic carbocycles. The highest BCUT2D eigenvalue weighted by Gasteiger charge is 2.33. The van der Waals surface area contributed by atoms with Gasteiger partial charge in [0.25, 0.3) is 0 Å². The average molecular weight is 374 g/mol. The minimum Gasteiger partial charge on any atom is -0.480 e. The van der Waals surface area contributed by atoms with Crippen molar-refractivity contribution in [3.63, 3.8) is 0 Å². The molecule has 2 rings (SSSR count). The van der Waals surface area contributed by atoms with Crippen molar-refractivity contribution in [3.8, 4) is 5.75 Å². The molecule has 0 spiro atoms. The Labute approximate surface area is 143 Å². The van der Waals surface area contributed by atoms with Gasteiger partial charge in [0.15, 0.2) is 0 Å². The zero-order valence-electron chi connectivity index (χ0n) is 13.0. The maximum atomic E-state index is 12.1. The van der Waals surface area contributed by atoms with Crippen LogP contribution in [-0.2, 0) is 26.4 Å². The second kappa shape index (κ2) is 7.78. The number of aliphatic carboxylic acids is 1. The normalized spacial score (nSPS) is 21.5. The lowest BCUT2D eigenvalue weighted by molar-refractivity contribution is -0.142. The number of aliphatic hydroxyl groups is 1. The van der Waals surface area contributed by atoms with Crippen molar-refractivity contribution in [1.29, 1.82) is 0 Å². The van der Waals surface area contributed by atoms with E-state index in [0.29, 0.717) is 18.5 Å². The monoisotopic (exact) mass is 374 g/mol. The van der Waals surface area contributed by atoms with Crippen LogP contribution in [0.2, 0.25) is 0 Å². The average Bonchev–Trinajstić information content (AvgIpc) is 2.93. The summed E-state index contributed by atoms with van der Waals surface area (Å²) in [4.78, 5) is 23.4. The Kier molecular flexibility index (Phi) is 5.95. The van der Waals surface area contributed by atoms with Crippen molar-refractivity contribution in [2.45, 2.75) is 31.0 Å². The molecule has 0 radical (unpaired) electrons. The fourth-order valence-corrected chi connectivity index (χ4v) is 2.81. The number of hydrogen-bond acceptors (Lipinski definition) is 7. The first-order valence-corrected chi connectivity index (χ1v) is 8.72. The molecule has 1 heterocycles. The highest BCUT2D eigenvalue weighted by Crippen LogP contribution is 2.15. The molecule has 1 aliphatic rings. The lowest BCUT2D eigenvalue weighted by Crippen LogP contribution is -2.52. The predicted molar refractivity (Wildman–Crippen MR) is 84.3 cm³/mol. The molecule has 1 amide bonds. The molecule has 0 saturated carbocycles. The Morgan fingerprint density at radius 2 is 1.96 bits per heavy atom. The van der Waals surface area contributed by atoms with Crippen molar-refractivity contribution >= 4 is 22.3 Å². The summed E-state index contributed by atoms with van der Waals surface area (Å²) in [7, 11) is -4.64. The number of carbonyl (C=O) groups is 2. The predicted octanol–water partition coefficient (Wildman–Crippen LogP) is -1.30. The summed E-state index contributed by atoms with van der Waals surface area (Å²) in [5.74, 6) is -2.00. The van der Waals surface area contributed by atoms with Gasteiger partial charge in [0.2, 0.25) is 5.91 Å². The standard InChI is InChI=1S/C14H18N2O8S/c17-11-5-6-15-12(11)13(18)16-10(14(19)20)7-8-1-3-9(4-2-8)24-25(21,22)23/h1-4,10-12,15,17H,5-7H2,(H,16,18)(H,19,20)(H,21,22,23)/t10-,11?,12-/m0/s1. The van der Waals surface area contributed by atoms with Crippen LogP contribution in [-0.4, -0.2) is 59.8 Å². The van der Waals surface area contributed by atoms with E-state index in [0.717, 1.165) is 0 Å². The second-order valence-corrected chi connectivity index (χ2v) is 6.57. The Morgan fingerprint density at radius 3 is 2.44 bits per heavy atom. The van der Waals surface area contributed by atoms with Crippen LogP contribution in [0.5, 0.6) is 5.75 Å². The van der Waals surface area contributed by atoms with E-state index >= 15 is 0 Å². The zero-order valence-corrected chi connectivity index (χ0v) is 13.8. The molecule has 25 heavy (non-hydrogen) atoms. The van der Waals surface area contributed by atoms with Crippen LogP contribution in [0, 0.1) is 0 Å². The highest BCUT2D eigenvalue weighted by atomic mass is 32.3. The molecule has 1 fully saturated rings. The number of aliphatic hydroxyl groups excluding tert-OH is 1. The number of nitrogens with one attached hydrogen (secondary N) is 2. The van der Waals surface area contributed by atoms with E-state index in [1.165, 1.54) is 24.3 Å². The lowest BCUT2D eigenvalue weighted by atomic mass is 10.0. The first-order chi connectivity index (χ1) is 11.7. The summed E-state index contributed by atoms with van der Waals surface area (Å²) < 4.78 is 34.1. The summed E-state index contributed by atoms with van der Waals surface area (Å²) in [5, 5.41) is 24.1. The van der Waals surface area contributed by atoms with Crippen molar-refractivity contribution < 1.29 is 37.0 Å². The first kappa shape index (κ1) is 19.1. The van der Waals surface area contributed by atoms with Gasteiger partial charge in [-0.1, -0.05) is 12.1 Å². The highest BCUT2D eigenvalue weighted by molar-refractivity contribution is 7.81. The number of amides is 1. The molecule has 0 aliphatic carbocycles. The summed E-state index contributed by atoms with van der Waals surface area (Å²) in [6, 6.07) is 3.22. The number of rotatable bonds is 7. The first-order valence-electron chi connectivity index (χ1n) is 7.36. The third-order valence-corrected chi connectivity index (χ3v) is 4.05. The van der Waals surface area contributed by atoms with Gasteiger partial charge < -0.3 is 25.0 Å². The fraction of sp³-hybridized carbons (Fsp3) is 0.429. The SMILES string of the molecule is O=C(O)[C@H](Cc1ccc(OS(=O)(=O)O)cc1)NC(=O)[C@H]1NCCC1O. The number of carbonyl (C=O) groups excluding carboxylic acids is 1. The van der Waals surface area contributed by atoms with Gasteiger partial charge in [-0.25, -0.2) is 4.79 Å². The molecule has 1 aliphatic heterocycles. The molecule has 11 heteroatoms. The van der Waals surface area contributed by atoms with Gasteiger partial charge in [-0.2, -0.15) is 8.42 Å². The van der Waals surface area contributed by atoms with Gasteiger partial charge in [0.05, 0.1) is 6.10 Å². The van der Waals surface area contributed by atoms with Gasteiger partial charge in [0, 0.05) is 6.42 Å². The number of carboxylic acids is 1. The van der Waals surface area contributed by atoms with E-state index in [1.807, 2.05) is 0 Å². The van der Waals surface area contributed by atoms with Crippen molar-refractivity contribution in [3.05, 3.63) is 29.8 Å². The quantitative estimate of drug-likeness (QED) is 0.365. The van der Waals surface area contributed by atoms with Crippen molar-refractivity contribution in [2.24, 2.45) is 0 Å². The number of benzene rings is 1. The summed E-state index contributed by atoms with van der Waals surface area (Å²) >= 11 is 0. The van der Waals surface area contributed by atoms with Crippen molar-refractivity contribution in [2.75, 3.05) is 6.54 Å². The third kappa shape index (κ3) is 5.67. The zero-order chi connectivity index (χ0) is 18.6. The fourth-order valence-electron chi connectivity index (χ4n) is 2.46. The van der Waals surface area contributed by atoms with E-state index in [2.05, 4.69) is 14.8 Å². The smallest absolute Gasteiger partial charge is 0.446 e. The topological polar surface area (TPSA) is 162 Å². The van der Waals surface area contributed by atoms with E-state index in [9.17, 15) is 28.2 Å². The Bertz CT molecular complexity index is 734. The van der Waals surface area contributed by atoms with Crippen LogP contribution in [0.1, 0.15) is 12.0 Å². The largest absolute Gasteiger partial charge is 0.480 e. The number of carboxylic acid groups (broad SMARTS) is 1. The van der Waals surface area contributed by atoms with E-state index in [4.69, 9.17) is 4.55 Å². The minimum atomic E-state index is -4.64. The Morgan fingerprint density at radius 1 is 1.32 bits per heavy atom. The maximum absolute atomic E-state index is 12.1. The van der Waals surface area contributed by atoms with Gasteiger partial charge in [-0.15, -0.1) is 0 Å². The molecule has 1 unspecified atom stereocenters. The second-order valence-electron chi connectivity index (χ2n) is 5.55. The molecule has 10 nitrogen and oxygen atoms in total. The van der Waals surface area contributed by atoms with E-state index in [1.54, 1.807) is 0 Å². The molecule has 0 bridgehead atoms. The number of hydrogen-bond donors (Lipinski definition) is 5. The van der Waals surface area contributed by atoms with Gasteiger partial charge in [-0.05, 0) is 30.7 Å². The third-order valence-electron chi connectivity index (χ3n) is 3.65. The summed E-state index contributed by atoms with van der Waals surface area (Å²) in [5.41, 5.74) is 0.496. The minimum absolute atomic E-state index is 0.0595. The van der Waals surface area contributed by atoms with E-state index in [-0.39, 0.29) is 12.2 Å². The maximum Gasteiger partial charge on any atom is 0.446 e. The van der Waals surface area contributed by atoms with Gasteiger partial charge >= 0.3 is 16.4 Å². The lowest BCUT2D eigenvalue weighted by Gasteiger charge is -2.19. The molecule has 1 aromatic rings. The molecule has 5 N–H and O–H groups in total. The van der Waals surface area contributed by atoms with Crippen LogP contribution in [0.3, 0.4) is 0 Å². The van der Waals surface area contributed by atoms with Crippen LogP contribution in [0.15, 0.2) is 24.3 Å². The molecular formula is C14H18N2O8S. The van der Waals surface area contributed by atoms with Crippen LogP contribution < -0.4 is 14.8 Å². The molecule has 138 valence electrons. The molecule has 3 atom stereocenters. The van der Waals surface area contributed by atoms with Crippen LogP contribution >= 0.6 is 0 Å². The van der Waals surface area contributed by atoms with Gasteiger partial charge in [0.1, 0.15) is 17.8 Å². The summed E-state index contributed by atoms with van der Waals surface area (Å²) in [6.07, 6.45) is -0.521. The van der Waals surface area contributed by atoms with Gasteiger partial charge in [-0.3, -0.25) is 9.35 Å². The van der Waals surface area contributed by atoms with Crippen molar-refractivity contribution in [1.82, 2.24) is 10.6 Å². The summed E-state index contributed by atoms with van der Waals surface area (Å²) in [6.45, 7) is 0.465. The Balaban J connectivity index is 2.01. The Hall–Kier alpha value is -2.21. The molecule has 0 aromatic heterocycles. The van der Waals surface area contributed by atoms with Crippen LogP contribution in [0.25, 0.3) is 0 Å². The van der Waals surface area contributed by atoms with E-state index < -0.39 is 40.5 Å². The molecule has 1 saturated heterocycles. The van der Waals surface area contributed by atoms with Crippen LogP contribution in [0.4, 0.5) is 0 Å². The molecular weight excluding hydrogens is 356 g/mol.